The third-order valence-electron chi connectivity index (χ3n) is 6.10. The maximum atomic E-state index is 14.0. The highest BCUT2D eigenvalue weighted by molar-refractivity contribution is 7.07. The molecule has 1 aliphatic rings. The van der Waals surface area contributed by atoms with E-state index in [1.807, 2.05) is 19.1 Å². The standard InChI is InChI=1S/C28H29ClN2O6S/c1-6-9-19-23(27(33)37-7-2)24(18-15-17(29)12-13-20(18)34-3)31-26(32)22(38-28(31)30-19)14-16-10-8-11-21(35-4)25(16)36-5/h8,10-15,24H,6-7,9H2,1-5H3/b22-14+/t24-/m0/s1. The topological polar surface area (TPSA) is 88.4 Å². The molecule has 0 unspecified atom stereocenters. The van der Waals surface area contributed by atoms with Gasteiger partial charge in [-0.3, -0.25) is 9.36 Å². The van der Waals surface area contributed by atoms with E-state index in [1.165, 1.54) is 23.0 Å². The molecule has 4 rings (SSSR count). The summed E-state index contributed by atoms with van der Waals surface area (Å²) in [5.74, 6) is 1.01. The van der Waals surface area contributed by atoms with E-state index in [9.17, 15) is 9.59 Å². The molecule has 0 fully saturated rings. The van der Waals surface area contributed by atoms with Crippen LogP contribution in [0.15, 0.2) is 57.5 Å². The number of hydrogen-bond acceptors (Lipinski definition) is 8. The van der Waals surface area contributed by atoms with Crippen LogP contribution >= 0.6 is 22.9 Å². The van der Waals surface area contributed by atoms with Gasteiger partial charge < -0.3 is 18.9 Å². The Morgan fingerprint density at radius 3 is 2.53 bits per heavy atom. The van der Waals surface area contributed by atoms with Gasteiger partial charge in [-0.05, 0) is 43.7 Å². The third-order valence-corrected chi connectivity index (χ3v) is 7.32. The molecule has 0 amide bonds. The van der Waals surface area contributed by atoms with Crippen molar-refractivity contribution in [3.8, 4) is 17.2 Å². The lowest BCUT2D eigenvalue weighted by molar-refractivity contribution is -0.139. The number of fused-ring (bicyclic) bond motifs is 1. The molecule has 0 aliphatic carbocycles. The van der Waals surface area contributed by atoms with Gasteiger partial charge in [0.2, 0.25) is 0 Å². The largest absolute Gasteiger partial charge is 0.496 e. The second-order valence-corrected chi connectivity index (χ2v) is 9.83. The fourth-order valence-corrected chi connectivity index (χ4v) is 5.69. The highest BCUT2D eigenvalue weighted by Crippen LogP contribution is 2.38. The van der Waals surface area contributed by atoms with Gasteiger partial charge in [-0.1, -0.05) is 48.4 Å². The fourth-order valence-electron chi connectivity index (χ4n) is 4.50. The van der Waals surface area contributed by atoms with Crippen LogP contribution in [-0.2, 0) is 9.53 Å². The maximum absolute atomic E-state index is 14.0. The number of allylic oxidation sites excluding steroid dienone is 1. The minimum atomic E-state index is -0.838. The number of carbonyl (C=O) groups excluding carboxylic acids is 1. The Balaban J connectivity index is 2.06. The van der Waals surface area contributed by atoms with Gasteiger partial charge in [0.25, 0.3) is 5.56 Å². The summed E-state index contributed by atoms with van der Waals surface area (Å²) in [5, 5.41) is 0.446. The van der Waals surface area contributed by atoms with Gasteiger partial charge in [0.15, 0.2) is 16.3 Å². The van der Waals surface area contributed by atoms with Gasteiger partial charge in [0.05, 0.1) is 43.7 Å². The predicted molar refractivity (Wildman–Crippen MR) is 147 cm³/mol. The highest BCUT2D eigenvalue weighted by Gasteiger charge is 2.36. The minimum Gasteiger partial charge on any atom is -0.496 e. The molecule has 0 bridgehead atoms. The van der Waals surface area contributed by atoms with Gasteiger partial charge in [-0.25, -0.2) is 9.79 Å². The smallest absolute Gasteiger partial charge is 0.338 e. The zero-order chi connectivity index (χ0) is 27.4. The van der Waals surface area contributed by atoms with E-state index >= 15 is 0 Å². The van der Waals surface area contributed by atoms with Crippen LogP contribution in [0.25, 0.3) is 6.08 Å². The lowest BCUT2D eigenvalue weighted by Gasteiger charge is -2.27. The normalized spacial score (nSPS) is 15.1. The molecular formula is C28H29ClN2O6S. The highest BCUT2D eigenvalue weighted by atomic mass is 35.5. The van der Waals surface area contributed by atoms with Gasteiger partial charge in [0.1, 0.15) is 11.8 Å². The first-order chi connectivity index (χ1) is 18.4. The second-order valence-electron chi connectivity index (χ2n) is 8.38. The summed E-state index contributed by atoms with van der Waals surface area (Å²) in [6, 6.07) is 9.73. The van der Waals surface area contributed by atoms with E-state index in [4.69, 9.17) is 35.5 Å². The molecule has 3 aromatic rings. The summed E-state index contributed by atoms with van der Waals surface area (Å²) in [4.78, 5) is 32.6. The van der Waals surface area contributed by atoms with Crippen LogP contribution in [0, 0.1) is 0 Å². The molecule has 0 N–H and O–H groups in total. The number of benzene rings is 2. The van der Waals surface area contributed by atoms with Crippen LogP contribution in [0.2, 0.25) is 5.02 Å². The number of halogens is 1. The molecule has 1 aliphatic heterocycles. The molecule has 8 nitrogen and oxygen atoms in total. The number of methoxy groups -OCH3 is 3. The van der Waals surface area contributed by atoms with Crippen molar-refractivity contribution in [3.05, 3.63) is 83.5 Å². The molecule has 0 radical (unpaired) electrons. The van der Waals surface area contributed by atoms with Crippen molar-refractivity contribution in [2.24, 2.45) is 4.99 Å². The average molecular weight is 557 g/mol. The van der Waals surface area contributed by atoms with Crippen molar-refractivity contribution < 1.29 is 23.7 Å². The van der Waals surface area contributed by atoms with E-state index in [1.54, 1.807) is 51.5 Å². The first kappa shape index (κ1) is 27.5. The van der Waals surface area contributed by atoms with Crippen LogP contribution in [0.3, 0.4) is 0 Å². The first-order valence-corrected chi connectivity index (χ1v) is 13.3. The Hall–Kier alpha value is -3.56. The number of hydrogen-bond donors (Lipinski definition) is 0. The second kappa shape index (κ2) is 11.9. The van der Waals surface area contributed by atoms with Gasteiger partial charge in [-0.2, -0.15) is 0 Å². The molecule has 0 spiro atoms. The quantitative estimate of drug-likeness (QED) is 0.366. The Labute approximate surface area is 229 Å². The number of esters is 1. The van der Waals surface area contributed by atoms with Crippen LogP contribution in [0.5, 0.6) is 17.2 Å². The molecule has 38 heavy (non-hydrogen) atoms. The van der Waals surface area contributed by atoms with E-state index in [2.05, 4.69) is 0 Å². The van der Waals surface area contributed by atoms with E-state index in [0.717, 1.165) is 6.42 Å². The summed E-state index contributed by atoms with van der Waals surface area (Å²) in [7, 11) is 4.64. The Bertz CT molecular complexity index is 1570. The molecule has 0 saturated carbocycles. The lowest BCUT2D eigenvalue weighted by Crippen LogP contribution is -2.40. The molecular weight excluding hydrogens is 528 g/mol. The molecule has 1 aromatic heterocycles. The SMILES string of the molecule is CCCC1=C(C(=O)OCC)[C@H](c2cc(Cl)ccc2OC)n2c(s/c(=C/c3cccc(OC)c3OC)c2=O)=N1. The van der Waals surface area contributed by atoms with Crippen LogP contribution in [0.4, 0.5) is 0 Å². The molecule has 2 aromatic carbocycles. The molecule has 1 atom stereocenters. The van der Waals surface area contributed by atoms with Gasteiger partial charge in [-0.15, -0.1) is 0 Å². The van der Waals surface area contributed by atoms with Gasteiger partial charge in [0, 0.05) is 16.1 Å². The van der Waals surface area contributed by atoms with Crippen molar-refractivity contribution in [1.82, 2.24) is 4.57 Å². The van der Waals surface area contributed by atoms with Crippen LogP contribution < -0.4 is 29.1 Å². The summed E-state index contributed by atoms with van der Waals surface area (Å²) in [6.45, 7) is 3.93. The van der Waals surface area contributed by atoms with Crippen molar-refractivity contribution in [1.29, 1.82) is 0 Å². The summed E-state index contributed by atoms with van der Waals surface area (Å²) in [5.41, 5.74) is 1.80. The average Bonchev–Trinajstić information content (AvgIpc) is 3.22. The number of rotatable bonds is 9. The van der Waals surface area contributed by atoms with E-state index < -0.39 is 12.0 Å². The van der Waals surface area contributed by atoms with Crippen LogP contribution in [0.1, 0.15) is 43.9 Å². The van der Waals surface area contributed by atoms with Crippen molar-refractivity contribution in [2.75, 3.05) is 27.9 Å². The lowest BCUT2D eigenvalue weighted by atomic mass is 9.93. The third kappa shape index (κ3) is 5.08. The Morgan fingerprint density at radius 1 is 1.11 bits per heavy atom. The number of ether oxygens (including phenoxy) is 4. The summed E-state index contributed by atoms with van der Waals surface area (Å²) in [6.07, 6.45) is 3.02. The molecule has 10 heteroatoms. The number of para-hydroxylation sites is 1. The fraction of sp³-hybridized carbons (Fsp3) is 0.321. The van der Waals surface area contributed by atoms with Crippen molar-refractivity contribution in [3.63, 3.8) is 0 Å². The van der Waals surface area contributed by atoms with Crippen molar-refractivity contribution in [2.45, 2.75) is 32.7 Å². The molecule has 2 heterocycles. The van der Waals surface area contributed by atoms with Crippen molar-refractivity contribution >= 4 is 35.0 Å². The predicted octanol–water partition coefficient (Wildman–Crippen LogP) is 4.26. The summed E-state index contributed by atoms with van der Waals surface area (Å²) < 4.78 is 24.0. The van der Waals surface area contributed by atoms with Crippen LogP contribution in [-0.4, -0.2) is 38.5 Å². The number of aromatic nitrogens is 1. The van der Waals surface area contributed by atoms with E-state index in [0.29, 0.717) is 60.4 Å². The first-order valence-electron chi connectivity index (χ1n) is 12.1. The Kier molecular flexibility index (Phi) is 8.58. The monoisotopic (exact) mass is 556 g/mol. The zero-order valence-electron chi connectivity index (χ0n) is 21.9. The van der Waals surface area contributed by atoms with Gasteiger partial charge >= 0.3 is 5.97 Å². The summed E-state index contributed by atoms with van der Waals surface area (Å²) >= 11 is 7.63. The number of carbonyl (C=O) groups is 1. The Morgan fingerprint density at radius 2 is 1.87 bits per heavy atom. The molecule has 0 saturated heterocycles. The number of nitrogens with zero attached hydrogens (tertiary/aromatic N) is 2. The zero-order valence-corrected chi connectivity index (χ0v) is 23.4. The van der Waals surface area contributed by atoms with E-state index in [-0.39, 0.29) is 12.2 Å². The molecule has 200 valence electrons. The minimum absolute atomic E-state index is 0.182. The maximum Gasteiger partial charge on any atom is 0.338 e. The number of thiazole rings is 1.